The number of benzene rings is 3. The normalized spacial score (nSPS) is 10.6. The molecule has 0 aliphatic heterocycles. The van der Waals surface area contributed by atoms with E-state index in [4.69, 9.17) is 0 Å². The maximum Gasteiger partial charge on any atom is 0.323 e. The summed E-state index contributed by atoms with van der Waals surface area (Å²) in [6.07, 6.45) is 0. The van der Waals surface area contributed by atoms with E-state index in [-0.39, 0.29) is 11.9 Å². The number of aromatic nitrogens is 2. The predicted octanol–water partition coefficient (Wildman–Crippen LogP) is 5.75. The maximum atomic E-state index is 13.0. The SMILES string of the molecule is Cc1ccc(Cn2nc(C)c(C(=O)Nc3ccc(NC(=O)Nc4ccccc4)cc3)c2C)cc1. The monoisotopic (exact) mass is 453 g/mol. The number of nitrogens with zero attached hydrogens (tertiary/aromatic N) is 2. The molecule has 0 saturated heterocycles. The summed E-state index contributed by atoms with van der Waals surface area (Å²) in [4.78, 5) is 25.1. The number of rotatable bonds is 6. The van der Waals surface area contributed by atoms with E-state index in [0.29, 0.717) is 34.9 Å². The largest absolute Gasteiger partial charge is 0.323 e. The summed E-state index contributed by atoms with van der Waals surface area (Å²) in [6.45, 7) is 6.40. The molecule has 0 fully saturated rings. The van der Waals surface area contributed by atoms with Crippen molar-refractivity contribution in [1.82, 2.24) is 9.78 Å². The summed E-state index contributed by atoms with van der Waals surface area (Å²) in [6, 6.07) is 24.1. The lowest BCUT2D eigenvalue weighted by molar-refractivity contribution is 0.102. The Kier molecular flexibility index (Phi) is 6.73. The average Bonchev–Trinajstić information content (AvgIpc) is 3.10. The molecule has 172 valence electrons. The van der Waals surface area contributed by atoms with Crippen molar-refractivity contribution in [3.8, 4) is 0 Å². The molecular weight excluding hydrogens is 426 g/mol. The second kappa shape index (κ2) is 10.0. The van der Waals surface area contributed by atoms with Crippen molar-refractivity contribution in [2.75, 3.05) is 16.0 Å². The highest BCUT2D eigenvalue weighted by molar-refractivity contribution is 6.06. The first-order valence-corrected chi connectivity index (χ1v) is 11.0. The molecule has 0 spiro atoms. The lowest BCUT2D eigenvalue weighted by atomic mass is 10.1. The van der Waals surface area contributed by atoms with E-state index >= 15 is 0 Å². The Morgan fingerprint density at radius 3 is 1.91 bits per heavy atom. The first kappa shape index (κ1) is 22.8. The molecule has 7 heteroatoms. The maximum absolute atomic E-state index is 13.0. The molecule has 0 atom stereocenters. The predicted molar refractivity (Wildman–Crippen MR) is 135 cm³/mol. The van der Waals surface area contributed by atoms with Gasteiger partial charge in [-0.1, -0.05) is 48.0 Å². The van der Waals surface area contributed by atoms with Crippen molar-refractivity contribution in [3.05, 3.63) is 107 Å². The molecule has 0 bridgehead atoms. The summed E-state index contributed by atoms with van der Waals surface area (Å²) in [5, 5.41) is 13.0. The van der Waals surface area contributed by atoms with Crippen LogP contribution in [0.25, 0.3) is 0 Å². The van der Waals surface area contributed by atoms with Crippen molar-refractivity contribution in [1.29, 1.82) is 0 Å². The van der Waals surface area contributed by atoms with Gasteiger partial charge in [-0.15, -0.1) is 0 Å². The molecule has 4 aromatic rings. The molecule has 4 rings (SSSR count). The number of nitrogens with one attached hydrogen (secondary N) is 3. The summed E-state index contributed by atoms with van der Waals surface area (Å²) < 4.78 is 1.85. The van der Waals surface area contributed by atoms with Gasteiger partial charge in [-0.2, -0.15) is 5.10 Å². The summed E-state index contributed by atoms with van der Waals surface area (Å²) >= 11 is 0. The zero-order chi connectivity index (χ0) is 24.1. The molecule has 0 aliphatic rings. The quantitative estimate of drug-likeness (QED) is 0.347. The Morgan fingerprint density at radius 1 is 0.735 bits per heavy atom. The number of hydrogen-bond acceptors (Lipinski definition) is 3. The number of urea groups is 1. The second-order valence-corrected chi connectivity index (χ2v) is 8.17. The van der Waals surface area contributed by atoms with E-state index in [9.17, 15) is 9.59 Å². The lowest BCUT2D eigenvalue weighted by Crippen LogP contribution is -2.19. The van der Waals surface area contributed by atoms with Crippen molar-refractivity contribution in [2.45, 2.75) is 27.3 Å². The van der Waals surface area contributed by atoms with Crippen LogP contribution >= 0.6 is 0 Å². The molecule has 0 unspecified atom stereocenters. The third-order valence-corrected chi connectivity index (χ3v) is 5.49. The molecule has 3 N–H and O–H groups in total. The van der Waals surface area contributed by atoms with Gasteiger partial charge in [-0.3, -0.25) is 9.48 Å². The van der Waals surface area contributed by atoms with Crippen molar-refractivity contribution in [3.63, 3.8) is 0 Å². The molecule has 3 aromatic carbocycles. The topological polar surface area (TPSA) is 88.1 Å². The molecule has 0 aliphatic carbocycles. The molecule has 3 amide bonds. The average molecular weight is 454 g/mol. The van der Waals surface area contributed by atoms with Crippen LogP contribution in [-0.4, -0.2) is 21.7 Å². The highest BCUT2D eigenvalue weighted by Crippen LogP contribution is 2.19. The third-order valence-electron chi connectivity index (χ3n) is 5.49. The number of aryl methyl sites for hydroxylation is 2. The highest BCUT2D eigenvalue weighted by atomic mass is 16.2. The van der Waals surface area contributed by atoms with Gasteiger partial charge < -0.3 is 16.0 Å². The van der Waals surface area contributed by atoms with E-state index < -0.39 is 0 Å². The third kappa shape index (κ3) is 5.50. The van der Waals surface area contributed by atoms with E-state index in [1.807, 2.05) is 48.9 Å². The molecule has 0 radical (unpaired) electrons. The van der Waals surface area contributed by atoms with Gasteiger partial charge >= 0.3 is 6.03 Å². The van der Waals surface area contributed by atoms with Gasteiger partial charge in [0.05, 0.1) is 17.8 Å². The fraction of sp³-hybridized carbons (Fsp3) is 0.148. The van der Waals surface area contributed by atoms with Crippen LogP contribution in [0.4, 0.5) is 21.9 Å². The number of anilines is 3. The Hall–Kier alpha value is -4.39. The molecule has 1 aromatic heterocycles. The van der Waals surface area contributed by atoms with Gasteiger partial charge in [0.1, 0.15) is 0 Å². The molecular formula is C27H27N5O2. The molecule has 1 heterocycles. The summed E-state index contributed by atoms with van der Waals surface area (Å²) in [7, 11) is 0. The minimum atomic E-state index is -0.338. The fourth-order valence-corrected chi connectivity index (χ4v) is 3.69. The van der Waals surface area contributed by atoms with Gasteiger partial charge in [0.25, 0.3) is 5.91 Å². The zero-order valence-electron chi connectivity index (χ0n) is 19.4. The van der Waals surface area contributed by atoms with Crippen LogP contribution in [0.3, 0.4) is 0 Å². The van der Waals surface area contributed by atoms with Crippen LogP contribution in [0.15, 0.2) is 78.9 Å². The zero-order valence-corrected chi connectivity index (χ0v) is 19.4. The Labute approximate surface area is 198 Å². The van der Waals surface area contributed by atoms with Gasteiger partial charge in [-0.05, 0) is 62.7 Å². The Balaban J connectivity index is 1.39. The Bertz CT molecular complexity index is 1290. The van der Waals surface area contributed by atoms with Crippen molar-refractivity contribution >= 4 is 29.0 Å². The summed E-state index contributed by atoms with van der Waals surface area (Å²) in [5.41, 5.74) is 6.34. The number of carbonyl (C=O) groups is 2. The van der Waals surface area contributed by atoms with Crippen LogP contribution in [0, 0.1) is 20.8 Å². The first-order valence-electron chi connectivity index (χ1n) is 11.0. The molecule has 34 heavy (non-hydrogen) atoms. The number of carbonyl (C=O) groups excluding carboxylic acids is 2. The van der Waals surface area contributed by atoms with Crippen molar-refractivity contribution in [2.24, 2.45) is 0 Å². The molecule has 0 saturated carbocycles. The van der Waals surface area contributed by atoms with Crippen LogP contribution in [0.2, 0.25) is 0 Å². The van der Waals surface area contributed by atoms with Crippen LogP contribution in [0.1, 0.15) is 32.9 Å². The van der Waals surface area contributed by atoms with E-state index in [1.165, 1.54) is 5.56 Å². The van der Waals surface area contributed by atoms with E-state index in [2.05, 4.69) is 52.2 Å². The smallest absolute Gasteiger partial charge is 0.322 e. The lowest BCUT2D eigenvalue weighted by Gasteiger charge is -2.10. The van der Waals surface area contributed by atoms with Crippen LogP contribution < -0.4 is 16.0 Å². The van der Waals surface area contributed by atoms with Crippen LogP contribution in [0.5, 0.6) is 0 Å². The Morgan fingerprint density at radius 2 is 1.29 bits per heavy atom. The highest BCUT2D eigenvalue weighted by Gasteiger charge is 2.19. The number of para-hydroxylation sites is 1. The standard InChI is InChI=1S/C27H27N5O2/c1-18-9-11-21(12-10-18)17-32-20(3)25(19(2)31-32)26(33)28-23-13-15-24(16-14-23)30-27(34)29-22-7-5-4-6-8-22/h4-16H,17H2,1-3H3,(H,28,33)(H2,29,30,34). The number of amides is 3. The second-order valence-electron chi connectivity index (χ2n) is 8.17. The minimum absolute atomic E-state index is 0.215. The van der Waals surface area contributed by atoms with Gasteiger partial charge in [0, 0.05) is 22.8 Å². The minimum Gasteiger partial charge on any atom is -0.322 e. The van der Waals surface area contributed by atoms with E-state index in [1.54, 1.807) is 24.3 Å². The number of hydrogen-bond donors (Lipinski definition) is 3. The van der Waals surface area contributed by atoms with Gasteiger partial charge in [0.2, 0.25) is 0 Å². The van der Waals surface area contributed by atoms with Gasteiger partial charge in [-0.25, -0.2) is 4.79 Å². The fourth-order valence-electron chi connectivity index (χ4n) is 3.69. The van der Waals surface area contributed by atoms with Gasteiger partial charge in [0.15, 0.2) is 0 Å². The van der Waals surface area contributed by atoms with E-state index in [0.717, 1.165) is 11.3 Å². The van der Waals surface area contributed by atoms with Crippen molar-refractivity contribution < 1.29 is 9.59 Å². The first-order chi connectivity index (χ1) is 16.4. The summed E-state index contributed by atoms with van der Waals surface area (Å²) in [5.74, 6) is -0.215. The molecule has 7 nitrogen and oxygen atoms in total. The van der Waals surface area contributed by atoms with Crippen LogP contribution in [-0.2, 0) is 6.54 Å².